The third kappa shape index (κ3) is 4.72. The first-order chi connectivity index (χ1) is 17.3. The third-order valence-corrected chi connectivity index (χ3v) is 10.7. The molecule has 2 N–H and O–H groups in total. The average molecular weight is 526 g/mol. The summed E-state index contributed by atoms with van der Waals surface area (Å²) in [6.45, 7) is 6.06. The molecule has 6 rings (SSSR count). The van der Waals surface area contributed by atoms with Crippen LogP contribution in [0, 0.1) is 34.5 Å². The molecule has 36 heavy (non-hydrogen) atoms. The molecule has 2 atom stereocenters. The van der Waals surface area contributed by atoms with Crippen molar-refractivity contribution in [2.45, 2.75) is 71.3 Å². The molecule has 4 fully saturated rings. The molecule has 0 unspecified atom stereocenters. The number of ether oxygens (including phenoxy) is 1. The lowest BCUT2D eigenvalue weighted by molar-refractivity contribution is -0.138. The van der Waals surface area contributed by atoms with Crippen molar-refractivity contribution in [2.24, 2.45) is 23.2 Å². The lowest BCUT2D eigenvalue weighted by Crippen LogP contribution is -2.56. The highest BCUT2D eigenvalue weighted by atomic mass is 32.2. The number of nitriles is 1. The lowest BCUT2D eigenvalue weighted by atomic mass is 9.48. The normalized spacial score (nSPS) is 31.6. The number of carbonyl (C=O) groups is 2. The zero-order valence-electron chi connectivity index (χ0n) is 21.3. The molecule has 4 aliphatic carbocycles. The quantitative estimate of drug-likeness (QED) is 0.438. The molecule has 1 aliphatic heterocycles. The van der Waals surface area contributed by atoms with Gasteiger partial charge in [-0.25, -0.2) is 4.79 Å². The zero-order valence-corrected chi connectivity index (χ0v) is 22.9. The number of allylic oxidation sites excluding steroid dienone is 2. The van der Waals surface area contributed by atoms with E-state index >= 15 is 0 Å². The fourth-order valence-electron chi connectivity index (χ4n) is 7.53. The molecule has 6 nitrogen and oxygen atoms in total. The van der Waals surface area contributed by atoms with E-state index in [1.165, 1.54) is 61.6 Å². The second kappa shape index (κ2) is 10.3. The van der Waals surface area contributed by atoms with E-state index < -0.39 is 11.9 Å². The monoisotopic (exact) mass is 525 g/mol. The highest BCUT2D eigenvalue weighted by Crippen LogP contribution is 2.61. The SMILES string of the molecule is CCOC(=O)C1=C(C)NC(SCC(=O)N[C@H](C)C23CC4CC(CC(C4)C2)C3)=C(C#N)[C@H]1c1cccs1. The fraction of sp³-hybridized carbons (Fsp3) is 0.607. The molecule has 0 saturated heterocycles. The van der Waals surface area contributed by atoms with Crippen LogP contribution in [0.2, 0.25) is 0 Å². The zero-order chi connectivity index (χ0) is 25.4. The molecule has 4 saturated carbocycles. The third-order valence-electron chi connectivity index (χ3n) is 8.70. The standard InChI is InChI=1S/C28H35N3O3S2/c1-4-34-27(33)24-16(2)30-26(21(14-29)25(24)22-6-5-7-35-22)36-15-23(32)31-17(3)28-11-18-8-19(12-28)10-20(9-18)13-28/h5-7,17-20,25,30H,4,8-13,15H2,1-3H3,(H,31,32)/t17-,18?,19?,20?,25+,28?/m1/s1. The Morgan fingerprint density at radius 2 is 1.94 bits per heavy atom. The van der Waals surface area contributed by atoms with E-state index in [0.29, 0.717) is 21.9 Å². The van der Waals surface area contributed by atoms with E-state index in [1.54, 1.807) is 6.92 Å². The van der Waals surface area contributed by atoms with Crippen molar-refractivity contribution in [1.82, 2.24) is 10.6 Å². The number of carbonyl (C=O) groups excluding carboxylic acids is 2. The summed E-state index contributed by atoms with van der Waals surface area (Å²) >= 11 is 2.85. The van der Waals surface area contributed by atoms with Crippen LogP contribution in [-0.4, -0.2) is 30.3 Å². The molecule has 0 aromatic carbocycles. The van der Waals surface area contributed by atoms with Gasteiger partial charge in [-0.1, -0.05) is 17.8 Å². The number of hydrogen-bond donors (Lipinski definition) is 2. The molecule has 0 spiro atoms. The van der Waals surface area contributed by atoms with E-state index in [0.717, 1.165) is 22.6 Å². The van der Waals surface area contributed by atoms with Crippen molar-refractivity contribution in [1.29, 1.82) is 5.26 Å². The second-order valence-electron chi connectivity index (χ2n) is 11.0. The lowest BCUT2D eigenvalue weighted by Gasteiger charge is -2.59. The second-order valence-corrected chi connectivity index (χ2v) is 13.0. The van der Waals surface area contributed by atoms with Crippen molar-refractivity contribution < 1.29 is 14.3 Å². The Bertz CT molecular complexity index is 1100. The summed E-state index contributed by atoms with van der Waals surface area (Å²) in [5.41, 5.74) is 1.83. The van der Waals surface area contributed by atoms with Crippen LogP contribution in [0.15, 0.2) is 39.4 Å². The molecular weight excluding hydrogens is 490 g/mol. The number of rotatable bonds is 8. The van der Waals surface area contributed by atoms with Gasteiger partial charge in [-0.05, 0) is 93.9 Å². The number of nitrogens with zero attached hydrogens (tertiary/aromatic N) is 1. The van der Waals surface area contributed by atoms with Crippen LogP contribution in [0.4, 0.5) is 0 Å². The van der Waals surface area contributed by atoms with Gasteiger partial charge in [0.1, 0.15) is 0 Å². The topological polar surface area (TPSA) is 91.2 Å². The van der Waals surface area contributed by atoms with Gasteiger partial charge in [0, 0.05) is 16.6 Å². The van der Waals surface area contributed by atoms with Gasteiger partial charge in [0.25, 0.3) is 0 Å². The number of dihydropyridines is 1. The Morgan fingerprint density at radius 1 is 1.28 bits per heavy atom. The highest BCUT2D eigenvalue weighted by molar-refractivity contribution is 8.03. The van der Waals surface area contributed by atoms with Crippen molar-refractivity contribution in [3.8, 4) is 6.07 Å². The maximum absolute atomic E-state index is 13.1. The average Bonchev–Trinajstić information content (AvgIpc) is 3.36. The number of nitrogens with one attached hydrogen (secondary N) is 2. The number of thiophene rings is 1. The fourth-order valence-corrected chi connectivity index (χ4v) is 9.27. The van der Waals surface area contributed by atoms with E-state index in [1.807, 2.05) is 24.4 Å². The van der Waals surface area contributed by atoms with Gasteiger partial charge >= 0.3 is 5.97 Å². The predicted molar refractivity (Wildman–Crippen MR) is 143 cm³/mol. The highest BCUT2D eigenvalue weighted by Gasteiger charge is 2.53. The van der Waals surface area contributed by atoms with Crippen LogP contribution in [0.3, 0.4) is 0 Å². The van der Waals surface area contributed by atoms with E-state index in [9.17, 15) is 14.9 Å². The van der Waals surface area contributed by atoms with Crippen molar-refractivity contribution in [3.05, 3.63) is 44.3 Å². The number of esters is 1. The Labute approximate surface area is 221 Å². The summed E-state index contributed by atoms with van der Waals surface area (Å²) in [7, 11) is 0. The number of amides is 1. The van der Waals surface area contributed by atoms with Crippen LogP contribution in [0.5, 0.6) is 0 Å². The van der Waals surface area contributed by atoms with E-state index in [4.69, 9.17) is 4.74 Å². The maximum Gasteiger partial charge on any atom is 0.336 e. The molecule has 5 aliphatic rings. The van der Waals surface area contributed by atoms with Gasteiger partial charge in [0.05, 0.1) is 40.5 Å². The van der Waals surface area contributed by atoms with Gasteiger partial charge in [0.2, 0.25) is 5.91 Å². The molecule has 0 radical (unpaired) electrons. The molecule has 8 heteroatoms. The first-order valence-electron chi connectivity index (χ1n) is 13.1. The molecule has 1 aromatic heterocycles. The minimum absolute atomic E-state index is 0.000307. The Morgan fingerprint density at radius 3 is 2.50 bits per heavy atom. The summed E-state index contributed by atoms with van der Waals surface area (Å²) in [4.78, 5) is 26.8. The van der Waals surface area contributed by atoms with Crippen molar-refractivity contribution in [2.75, 3.05) is 12.4 Å². The number of thioether (sulfide) groups is 1. The van der Waals surface area contributed by atoms with Gasteiger partial charge in [-0.15, -0.1) is 11.3 Å². The first kappa shape index (κ1) is 25.4. The van der Waals surface area contributed by atoms with Crippen molar-refractivity contribution >= 4 is 35.0 Å². The van der Waals surface area contributed by atoms with E-state index in [-0.39, 0.29) is 29.7 Å². The maximum atomic E-state index is 13.1. The van der Waals surface area contributed by atoms with Crippen LogP contribution >= 0.6 is 23.1 Å². The molecule has 192 valence electrons. The van der Waals surface area contributed by atoms with Crippen LogP contribution in [0.1, 0.15) is 70.1 Å². The van der Waals surface area contributed by atoms with Gasteiger partial charge in [-0.3, -0.25) is 4.79 Å². The summed E-state index contributed by atoms with van der Waals surface area (Å²) in [6.07, 6.45) is 7.92. The Balaban J connectivity index is 1.29. The summed E-state index contributed by atoms with van der Waals surface area (Å²) in [6, 6.07) is 6.34. The van der Waals surface area contributed by atoms with Gasteiger partial charge in [-0.2, -0.15) is 5.26 Å². The minimum Gasteiger partial charge on any atom is -0.463 e. The van der Waals surface area contributed by atoms with Crippen LogP contribution in [-0.2, 0) is 14.3 Å². The van der Waals surface area contributed by atoms with Crippen molar-refractivity contribution in [3.63, 3.8) is 0 Å². The Hall–Kier alpha value is -2.24. The molecule has 1 amide bonds. The molecule has 1 aromatic rings. The summed E-state index contributed by atoms with van der Waals surface area (Å²) < 4.78 is 5.32. The smallest absolute Gasteiger partial charge is 0.336 e. The summed E-state index contributed by atoms with van der Waals surface area (Å²) in [5.74, 6) is 1.85. The molecular formula is C28H35N3O3S2. The summed E-state index contributed by atoms with van der Waals surface area (Å²) in [5, 5.41) is 19.3. The number of hydrogen-bond acceptors (Lipinski definition) is 7. The van der Waals surface area contributed by atoms with Gasteiger partial charge in [0.15, 0.2) is 0 Å². The van der Waals surface area contributed by atoms with Gasteiger partial charge < -0.3 is 15.4 Å². The predicted octanol–water partition coefficient (Wildman–Crippen LogP) is 5.46. The van der Waals surface area contributed by atoms with Crippen LogP contribution < -0.4 is 10.6 Å². The molecule has 4 bridgehead atoms. The first-order valence-corrected chi connectivity index (χ1v) is 14.9. The Kier molecular flexibility index (Phi) is 7.24. The van der Waals surface area contributed by atoms with E-state index in [2.05, 4.69) is 23.6 Å². The molecule has 2 heterocycles. The van der Waals surface area contributed by atoms with Crippen LogP contribution in [0.25, 0.3) is 0 Å². The minimum atomic E-state index is -0.494. The largest absolute Gasteiger partial charge is 0.463 e.